The van der Waals surface area contributed by atoms with Gasteiger partial charge >= 0.3 is 0 Å². The van der Waals surface area contributed by atoms with Gasteiger partial charge in [-0.2, -0.15) is 0 Å². The molecule has 5 heteroatoms. The highest BCUT2D eigenvalue weighted by molar-refractivity contribution is 5.94. The van der Waals surface area contributed by atoms with Gasteiger partial charge in [0.05, 0.1) is 12.6 Å². The van der Waals surface area contributed by atoms with Crippen LogP contribution in [0.15, 0.2) is 73.1 Å². The fourth-order valence-electron chi connectivity index (χ4n) is 2.78. The Labute approximate surface area is 165 Å². The molecule has 5 nitrogen and oxygen atoms in total. The summed E-state index contributed by atoms with van der Waals surface area (Å²) >= 11 is 0. The number of pyridine rings is 1. The van der Waals surface area contributed by atoms with E-state index in [9.17, 15) is 4.79 Å². The number of benzene rings is 2. The first-order chi connectivity index (χ1) is 13.7. The molecule has 2 aromatic carbocycles. The maximum absolute atomic E-state index is 12.7. The van der Waals surface area contributed by atoms with Gasteiger partial charge in [-0.1, -0.05) is 24.3 Å². The van der Waals surface area contributed by atoms with Crippen LogP contribution in [0.2, 0.25) is 0 Å². The average Bonchev–Trinajstić information content (AvgIpc) is 2.73. The molecule has 0 aliphatic rings. The van der Waals surface area contributed by atoms with Crippen LogP contribution < -0.4 is 14.8 Å². The lowest BCUT2D eigenvalue weighted by Gasteiger charge is -2.16. The molecule has 28 heavy (non-hydrogen) atoms. The quantitative estimate of drug-likeness (QED) is 0.626. The van der Waals surface area contributed by atoms with E-state index in [-0.39, 0.29) is 11.9 Å². The van der Waals surface area contributed by atoms with Crippen LogP contribution >= 0.6 is 0 Å². The molecule has 3 rings (SSSR count). The van der Waals surface area contributed by atoms with Gasteiger partial charge in [0.1, 0.15) is 18.1 Å². The van der Waals surface area contributed by atoms with E-state index in [4.69, 9.17) is 9.47 Å². The number of hydrogen-bond acceptors (Lipinski definition) is 4. The standard InChI is InChI=1S/C23H24N2O3/c1-3-27-21-10-4-8-19(13-21)17(2)25-23(26)20-9-5-11-22(14-20)28-16-18-7-6-12-24-15-18/h4-15,17H,3,16H2,1-2H3,(H,25,26). The van der Waals surface area contributed by atoms with Gasteiger partial charge in [-0.05, 0) is 55.8 Å². The zero-order valence-corrected chi connectivity index (χ0v) is 16.1. The highest BCUT2D eigenvalue weighted by atomic mass is 16.5. The van der Waals surface area contributed by atoms with E-state index in [1.54, 1.807) is 24.5 Å². The minimum atomic E-state index is -0.152. The van der Waals surface area contributed by atoms with Crippen LogP contribution in [0.3, 0.4) is 0 Å². The van der Waals surface area contributed by atoms with E-state index in [0.717, 1.165) is 16.9 Å². The van der Waals surface area contributed by atoms with Gasteiger partial charge in [0, 0.05) is 23.5 Å². The summed E-state index contributed by atoms with van der Waals surface area (Å²) in [5.41, 5.74) is 2.51. The minimum Gasteiger partial charge on any atom is -0.494 e. The molecule has 1 atom stereocenters. The van der Waals surface area contributed by atoms with Gasteiger partial charge in [-0.25, -0.2) is 0 Å². The second-order valence-electron chi connectivity index (χ2n) is 6.38. The molecule has 0 bridgehead atoms. The lowest BCUT2D eigenvalue weighted by atomic mass is 10.1. The van der Waals surface area contributed by atoms with Crippen LogP contribution in [0.25, 0.3) is 0 Å². The molecule has 144 valence electrons. The Morgan fingerprint density at radius 1 is 1.04 bits per heavy atom. The lowest BCUT2D eigenvalue weighted by Crippen LogP contribution is -2.26. The summed E-state index contributed by atoms with van der Waals surface area (Å²) in [7, 11) is 0. The van der Waals surface area contributed by atoms with Crippen molar-refractivity contribution in [2.75, 3.05) is 6.61 Å². The van der Waals surface area contributed by atoms with E-state index in [2.05, 4.69) is 10.3 Å². The Balaban J connectivity index is 1.63. The topological polar surface area (TPSA) is 60.5 Å². The fraction of sp³-hybridized carbons (Fsp3) is 0.217. The molecule has 3 aromatic rings. The SMILES string of the molecule is CCOc1cccc(C(C)NC(=O)c2cccc(OCc3cccnc3)c2)c1. The molecule has 0 saturated heterocycles. The predicted octanol–water partition coefficient (Wildman–Crippen LogP) is 4.55. The lowest BCUT2D eigenvalue weighted by molar-refractivity contribution is 0.0939. The summed E-state index contributed by atoms with van der Waals surface area (Å²) in [6.45, 7) is 4.91. The molecule has 0 aliphatic heterocycles. The second-order valence-corrected chi connectivity index (χ2v) is 6.38. The molecule has 1 aromatic heterocycles. The Morgan fingerprint density at radius 2 is 1.82 bits per heavy atom. The second kappa shape index (κ2) is 9.55. The van der Waals surface area contributed by atoms with Crippen molar-refractivity contribution in [2.45, 2.75) is 26.5 Å². The summed E-state index contributed by atoms with van der Waals surface area (Å²) in [6.07, 6.45) is 3.48. The van der Waals surface area contributed by atoms with Gasteiger partial charge in [0.2, 0.25) is 0 Å². The summed E-state index contributed by atoms with van der Waals surface area (Å²) in [5, 5.41) is 3.02. The van der Waals surface area contributed by atoms with E-state index in [1.165, 1.54) is 0 Å². The number of hydrogen-bond donors (Lipinski definition) is 1. The maximum Gasteiger partial charge on any atom is 0.251 e. The van der Waals surface area contributed by atoms with Crippen molar-refractivity contribution in [3.8, 4) is 11.5 Å². The number of ether oxygens (including phenoxy) is 2. The van der Waals surface area contributed by atoms with Crippen molar-refractivity contribution in [3.05, 3.63) is 89.7 Å². The zero-order valence-electron chi connectivity index (χ0n) is 16.1. The van der Waals surface area contributed by atoms with E-state index < -0.39 is 0 Å². The Bertz CT molecular complexity index is 912. The summed E-state index contributed by atoms with van der Waals surface area (Å²) in [5.74, 6) is 1.29. The molecule has 0 spiro atoms. The van der Waals surface area contributed by atoms with Crippen LogP contribution in [0.5, 0.6) is 11.5 Å². The van der Waals surface area contributed by atoms with E-state index >= 15 is 0 Å². The highest BCUT2D eigenvalue weighted by Gasteiger charge is 2.13. The van der Waals surface area contributed by atoms with Gasteiger partial charge in [-0.3, -0.25) is 9.78 Å². The van der Waals surface area contributed by atoms with Crippen LogP contribution in [0, 0.1) is 0 Å². The third-order valence-electron chi connectivity index (χ3n) is 4.24. The molecular weight excluding hydrogens is 352 g/mol. The molecule has 1 heterocycles. The number of rotatable bonds is 8. The fourth-order valence-corrected chi connectivity index (χ4v) is 2.78. The molecule has 0 saturated carbocycles. The Hall–Kier alpha value is -3.34. The summed E-state index contributed by atoms with van der Waals surface area (Å²) < 4.78 is 11.3. The van der Waals surface area contributed by atoms with Crippen LogP contribution in [-0.4, -0.2) is 17.5 Å². The molecule has 0 fully saturated rings. The van der Waals surface area contributed by atoms with Crippen LogP contribution in [-0.2, 0) is 6.61 Å². The number of carbonyl (C=O) groups is 1. The number of aromatic nitrogens is 1. The first-order valence-corrected chi connectivity index (χ1v) is 9.31. The average molecular weight is 376 g/mol. The monoisotopic (exact) mass is 376 g/mol. The number of nitrogens with one attached hydrogen (secondary N) is 1. The van der Waals surface area contributed by atoms with Crippen molar-refractivity contribution < 1.29 is 14.3 Å². The molecular formula is C23H24N2O3. The predicted molar refractivity (Wildman–Crippen MR) is 109 cm³/mol. The third kappa shape index (κ3) is 5.33. The third-order valence-corrected chi connectivity index (χ3v) is 4.24. The van der Waals surface area contributed by atoms with Crippen molar-refractivity contribution in [1.29, 1.82) is 0 Å². The molecule has 1 unspecified atom stereocenters. The number of amides is 1. The smallest absolute Gasteiger partial charge is 0.251 e. The first-order valence-electron chi connectivity index (χ1n) is 9.31. The van der Waals surface area contributed by atoms with Gasteiger partial charge in [-0.15, -0.1) is 0 Å². The maximum atomic E-state index is 12.7. The highest BCUT2D eigenvalue weighted by Crippen LogP contribution is 2.20. The largest absolute Gasteiger partial charge is 0.494 e. The summed E-state index contributed by atoms with van der Waals surface area (Å²) in [6, 6.07) is 18.6. The van der Waals surface area contributed by atoms with E-state index in [0.29, 0.717) is 24.5 Å². The molecule has 0 aliphatic carbocycles. The van der Waals surface area contributed by atoms with E-state index in [1.807, 2.05) is 62.4 Å². The van der Waals surface area contributed by atoms with Crippen molar-refractivity contribution in [1.82, 2.24) is 10.3 Å². The van der Waals surface area contributed by atoms with Crippen molar-refractivity contribution in [2.24, 2.45) is 0 Å². The first kappa shape index (κ1) is 19.4. The summed E-state index contributed by atoms with van der Waals surface area (Å²) in [4.78, 5) is 16.7. The molecule has 1 N–H and O–H groups in total. The number of carbonyl (C=O) groups excluding carboxylic acids is 1. The zero-order chi connectivity index (χ0) is 19.8. The van der Waals surface area contributed by atoms with Crippen molar-refractivity contribution in [3.63, 3.8) is 0 Å². The molecule has 0 radical (unpaired) electrons. The van der Waals surface area contributed by atoms with Crippen LogP contribution in [0.4, 0.5) is 0 Å². The van der Waals surface area contributed by atoms with Crippen molar-refractivity contribution >= 4 is 5.91 Å². The number of nitrogens with zero attached hydrogens (tertiary/aromatic N) is 1. The Morgan fingerprint density at radius 3 is 2.57 bits per heavy atom. The molecule has 1 amide bonds. The normalized spacial score (nSPS) is 11.5. The Kier molecular flexibility index (Phi) is 6.63. The van der Waals surface area contributed by atoms with Gasteiger partial charge in [0.15, 0.2) is 0 Å². The minimum absolute atomic E-state index is 0.145. The van der Waals surface area contributed by atoms with Crippen LogP contribution in [0.1, 0.15) is 41.4 Å². The van der Waals surface area contributed by atoms with Gasteiger partial charge < -0.3 is 14.8 Å². The van der Waals surface area contributed by atoms with Gasteiger partial charge in [0.25, 0.3) is 5.91 Å².